The molecular weight excluding hydrogens is 324 g/mol. The van der Waals surface area contributed by atoms with E-state index in [1.807, 2.05) is 0 Å². The molecule has 0 radical (unpaired) electrons. The van der Waals surface area contributed by atoms with E-state index < -0.39 is 30.6 Å². The van der Waals surface area contributed by atoms with Crippen molar-refractivity contribution in [2.45, 2.75) is 19.0 Å². The average Bonchev–Trinajstić information content (AvgIpc) is 2.41. The van der Waals surface area contributed by atoms with Crippen LogP contribution in [0.1, 0.15) is 12.8 Å². The van der Waals surface area contributed by atoms with Gasteiger partial charge in [0.2, 0.25) is 0 Å². The molecule has 0 atom stereocenters. The van der Waals surface area contributed by atoms with E-state index in [-0.39, 0.29) is 30.8 Å². The first-order valence-electron chi connectivity index (χ1n) is 6.43. The standard InChI is InChI=1S/C13H14F4N2O4/c14-8-3-4-10(23-7-13(15,16)17)9(6-8)19-12(22)18-5-1-2-11(20)21/h3-4,6H,1-2,5,7H2,(H,20,21)(H2,18,19,22). The van der Waals surface area contributed by atoms with Gasteiger partial charge in [-0.05, 0) is 18.6 Å². The third-order valence-electron chi connectivity index (χ3n) is 2.43. The lowest BCUT2D eigenvalue weighted by molar-refractivity contribution is -0.153. The van der Waals surface area contributed by atoms with Crippen molar-refractivity contribution in [3.63, 3.8) is 0 Å². The number of rotatable bonds is 7. The molecule has 0 spiro atoms. The maximum absolute atomic E-state index is 13.2. The van der Waals surface area contributed by atoms with Crippen LogP contribution >= 0.6 is 0 Å². The number of alkyl halides is 3. The van der Waals surface area contributed by atoms with Crippen LogP contribution in [0.4, 0.5) is 28.0 Å². The quantitative estimate of drug-likeness (QED) is 0.527. The van der Waals surface area contributed by atoms with Crippen molar-refractivity contribution in [2.75, 3.05) is 18.5 Å². The predicted molar refractivity (Wildman–Crippen MR) is 71.8 cm³/mol. The number of halogens is 4. The highest BCUT2D eigenvalue weighted by Gasteiger charge is 2.29. The Kier molecular flexibility index (Phi) is 6.61. The van der Waals surface area contributed by atoms with Crippen molar-refractivity contribution >= 4 is 17.7 Å². The minimum atomic E-state index is -4.58. The van der Waals surface area contributed by atoms with Gasteiger partial charge < -0.3 is 20.5 Å². The number of carboxylic acids is 1. The van der Waals surface area contributed by atoms with Gasteiger partial charge in [0.1, 0.15) is 11.6 Å². The molecule has 0 aromatic heterocycles. The van der Waals surface area contributed by atoms with Gasteiger partial charge in [0.05, 0.1) is 5.69 Å². The van der Waals surface area contributed by atoms with Crippen molar-refractivity contribution in [3.8, 4) is 5.75 Å². The molecule has 0 saturated heterocycles. The molecule has 0 aliphatic heterocycles. The zero-order valence-corrected chi connectivity index (χ0v) is 11.7. The normalized spacial score (nSPS) is 11.0. The number of aliphatic carboxylic acids is 1. The number of nitrogens with one attached hydrogen (secondary N) is 2. The molecule has 0 unspecified atom stereocenters. The van der Waals surface area contributed by atoms with E-state index >= 15 is 0 Å². The van der Waals surface area contributed by atoms with Gasteiger partial charge in [-0.1, -0.05) is 0 Å². The van der Waals surface area contributed by atoms with E-state index in [2.05, 4.69) is 15.4 Å². The Bertz CT molecular complexity index is 563. The number of carbonyl (C=O) groups is 2. The Labute approximate surface area is 128 Å². The first kappa shape index (κ1) is 18.5. The Morgan fingerprint density at radius 3 is 2.57 bits per heavy atom. The Morgan fingerprint density at radius 1 is 1.26 bits per heavy atom. The molecule has 23 heavy (non-hydrogen) atoms. The predicted octanol–water partition coefficient (Wildman–Crippen LogP) is 2.75. The largest absolute Gasteiger partial charge is 0.482 e. The van der Waals surface area contributed by atoms with Crippen molar-refractivity contribution in [1.29, 1.82) is 0 Å². The van der Waals surface area contributed by atoms with Crippen LogP contribution in [0.5, 0.6) is 5.75 Å². The van der Waals surface area contributed by atoms with Crippen LogP contribution < -0.4 is 15.4 Å². The molecule has 0 fully saturated rings. The zero-order chi connectivity index (χ0) is 17.5. The van der Waals surface area contributed by atoms with Crippen LogP contribution in [0.15, 0.2) is 18.2 Å². The third kappa shape index (κ3) is 7.88. The highest BCUT2D eigenvalue weighted by Crippen LogP contribution is 2.27. The number of benzene rings is 1. The lowest BCUT2D eigenvalue weighted by Gasteiger charge is -2.14. The van der Waals surface area contributed by atoms with E-state index in [1.54, 1.807) is 0 Å². The summed E-state index contributed by atoms with van der Waals surface area (Å²) in [6, 6.07) is 1.84. The molecule has 0 heterocycles. The summed E-state index contributed by atoms with van der Waals surface area (Å²) in [6.45, 7) is -1.56. The molecule has 1 aromatic carbocycles. The van der Waals surface area contributed by atoms with Gasteiger partial charge in [0.15, 0.2) is 6.61 Å². The summed E-state index contributed by atoms with van der Waals surface area (Å²) in [4.78, 5) is 21.8. The highest BCUT2D eigenvalue weighted by molar-refractivity contribution is 5.90. The molecule has 128 valence electrons. The zero-order valence-electron chi connectivity index (χ0n) is 11.7. The van der Waals surface area contributed by atoms with Crippen LogP contribution in [-0.2, 0) is 4.79 Å². The Morgan fingerprint density at radius 2 is 1.96 bits per heavy atom. The minimum Gasteiger partial charge on any atom is -0.482 e. The topological polar surface area (TPSA) is 87.7 Å². The van der Waals surface area contributed by atoms with Gasteiger partial charge in [-0.3, -0.25) is 4.79 Å². The summed E-state index contributed by atoms with van der Waals surface area (Å²) in [5.41, 5.74) is -0.273. The third-order valence-corrected chi connectivity index (χ3v) is 2.43. The lowest BCUT2D eigenvalue weighted by Crippen LogP contribution is -2.30. The number of hydrogen-bond donors (Lipinski definition) is 3. The molecule has 0 bridgehead atoms. The van der Waals surface area contributed by atoms with Crippen LogP contribution in [0.2, 0.25) is 0 Å². The molecule has 3 N–H and O–H groups in total. The second-order valence-electron chi connectivity index (χ2n) is 4.42. The van der Waals surface area contributed by atoms with Crippen LogP contribution in [0.3, 0.4) is 0 Å². The molecule has 0 aliphatic rings. The Balaban J connectivity index is 2.61. The SMILES string of the molecule is O=C(O)CCCNC(=O)Nc1cc(F)ccc1OCC(F)(F)F. The minimum absolute atomic E-state index is 0.0339. The molecule has 2 amide bonds. The summed E-state index contributed by atoms with van der Waals surface area (Å²) in [6.07, 6.45) is -4.56. The smallest absolute Gasteiger partial charge is 0.422 e. The van der Waals surface area contributed by atoms with Crippen LogP contribution in [0, 0.1) is 5.82 Å². The van der Waals surface area contributed by atoms with Crippen molar-refractivity contribution < 1.29 is 37.0 Å². The first-order chi connectivity index (χ1) is 10.7. The lowest BCUT2D eigenvalue weighted by atomic mass is 10.3. The molecule has 6 nitrogen and oxygen atoms in total. The number of urea groups is 1. The summed E-state index contributed by atoms with van der Waals surface area (Å²) < 4.78 is 54.1. The summed E-state index contributed by atoms with van der Waals surface area (Å²) >= 11 is 0. The molecule has 1 aromatic rings. The monoisotopic (exact) mass is 338 g/mol. The van der Waals surface area contributed by atoms with E-state index in [4.69, 9.17) is 5.11 Å². The van der Waals surface area contributed by atoms with E-state index in [1.165, 1.54) is 0 Å². The fourth-order valence-electron chi connectivity index (χ4n) is 1.49. The second kappa shape index (κ2) is 8.20. The van der Waals surface area contributed by atoms with E-state index in [0.29, 0.717) is 0 Å². The van der Waals surface area contributed by atoms with Gasteiger partial charge in [0.25, 0.3) is 0 Å². The van der Waals surface area contributed by atoms with E-state index in [9.17, 15) is 27.2 Å². The first-order valence-corrected chi connectivity index (χ1v) is 6.43. The maximum Gasteiger partial charge on any atom is 0.422 e. The van der Waals surface area contributed by atoms with Crippen LogP contribution in [-0.4, -0.2) is 36.4 Å². The Hall–Kier alpha value is -2.52. The van der Waals surface area contributed by atoms with Gasteiger partial charge in [-0.15, -0.1) is 0 Å². The van der Waals surface area contributed by atoms with Gasteiger partial charge in [-0.25, -0.2) is 9.18 Å². The highest BCUT2D eigenvalue weighted by atomic mass is 19.4. The molecule has 10 heteroatoms. The number of carboxylic acid groups (broad SMARTS) is 1. The number of ether oxygens (including phenoxy) is 1. The average molecular weight is 338 g/mol. The van der Waals surface area contributed by atoms with Crippen molar-refractivity contribution in [1.82, 2.24) is 5.32 Å². The molecular formula is C13H14F4N2O4. The summed E-state index contributed by atoms with van der Waals surface area (Å²) in [5.74, 6) is -2.14. The van der Waals surface area contributed by atoms with E-state index in [0.717, 1.165) is 18.2 Å². The second-order valence-corrected chi connectivity index (χ2v) is 4.42. The fourth-order valence-corrected chi connectivity index (χ4v) is 1.49. The van der Waals surface area contributed by atoms with Crippen molar-refractivity contribution in [3.05, 3.63) is 24.0 Å². The number of anilines is 1. The maximum atomic E-state index is 13.2. The van der Waals surface area contributed by atoms with Crippen LogP contribution in [0.25, 0.3) is 0 Å². The summed E-state index contributed by atoms with van der Waals surface area (Å²) in [5, 5.41) is 12.9. The molecule has 0 saturated carbocycles. The van der Waals surface area contributed by atoms with Gasteiger partial charge >= 0.3 is 18.2 Å². The van der Waals surface area contributed by atoms with Crippen molar-refractivity contribution in [2.24, 2.45) is 0 Å². The fraction of sp³-hybridized carbons (Fsp3) is 0.385. The van der Waals surface area contributed by atoms with Gasteiger partial charge in [-0.2, -0.15) is 13.2 Å². The van der Waals surface area contributed by atoms with Gasteiger partial charge in [0, 0.05) is 19.0 Å². The number of amides is 2. The molecule has 0 aliphatic carbocycles. The molecule has 1 rings (SSSR count). The number of carbonyl (C=O) groups excluding carboxylic acids is 1. The number of hydrogen-bond acceptors (Lipinski definition) is 3. The summed E-state index contributed by atoms with van der Waals surface area (Å²) in [7, 11) is 0.